The minimum absolute atomic E-state index is 0.399. The van der Waals surface area contributed by atoms with E-state index in [1.165, 1.54) is 11.1 Å². The molecule has 0 spiro atoms. The Balaban J connectivity index is 1.39. The molecule has 0 saturated heterocycles. The highest BCUT2D eigenvalue weighted by atomic mass is 15.3. The molecule has 0 amide bonds. The number of rotatable bonds is 3. The van der Waals surface area contributed by atoms with Crippen LogP contribution in [-0.4, -0.2) is 33.6 Å². The van der Waals surface area contributed by atoms with Crippen LogP contribution in [-0.2, 0) is 19.4 Å². The first kappa shape index (κ1) is 15.6. The molecule has 1 aromatic carbocycles. The summed E-state index contributed by atoms with van der Waals surface area (Å²) in [5.41, 5.74) is 3.76. The van der Waals surface area contributed by atoms with Crippen molar-refractivity contribution in [1.82, 2.24) is 25.2 Å². The van der Waals surface area contributed by atoms with Gasteiger partial charge in [0.1, 0.15) is 0 Å². The predicted molar refractivity (Wildman–Crippen MR) is 98.6 cm³/mol. The van der Waals surface area contributed by atoms with Crippen LogP contribution in [0.25, 0.3) is 5.65 Å². The normalized spacial score (nSPS) is 17.3. The average Bonchev–Trinajstić information content (AvgIpc) is 3.08. The van der Waals surface area contributed by atoms with Crippen molar-refractivity contribution >= 4 is 11.6 Å². The molecular formula is C19H22N6. The van der Waals surface area contributed by atoms with Gasteiger partial charge >= 0.3 is 0 Å². The molecule has 3 aromatic rings. The van der Waals surface area contributed by atoms with Crippen LogP contribution < -0.4 is 10.6 Å². The Labute approximate surface area is 147 Å². The highest BCUT2D eigenvalue weighted by molar-refractivity contribution is 5.80. The van der Waals surface area contributed by atoms with Crippen LogP contribution >= 0.6 is 0 Å². The maximum absolute atomic E-state index is 4.35. The molecular weight excluding hydrogens is 312 g/mol. The van der Waals surface area contributed by atoms with E-state index in [0.29, 0.717) is 12.6 Å². The predicted octanol–water partition coefficient (Wildman–Crippen LogP) is 1.95. The van der Waals surface area contributed by atoms with Gasteiger partial charge in [0.2, 0.25) is 0 Å². The number of aryl methyl sites for hydroxylation is 1. The Hall–Kier alpha value is -2.89. The molecule has 1 atom stereocenters. The molecule has 1 unspecified atom stereocenters. The molecule has 0 fully saturated rings. The van der Waals surface area contributed by atoms with Crippen LogP contribution in [0.4, 0.5) is 0 Å². The van der Waals surface area contributed by atoms with E-state index >= 15 is 0 Å². The third-order valence-corrected chi connectivity index (χ3v) is 4.71. The Morgan fingerprint density at radius 1 is 1.16 bits per heavy atom. The molecule has 1 aliphatic rings. The molecule has 0 saturated carbocycles. The summed E-state index contributed by atoms with van der Waals surface area (Å²) in [7, 11) is 1.80. The highest BCUT2D eigenvalue weighted by Crippen LogP contribution is 2.20. The van der Waals surface area contributed by atoms with E-state index in [1.807, 2.05) is 28.8 Å². The van der Waals surface area contributed by atoms with Crippen molar-refractivity contribution in [3.05, 3.63) is 65.6 Å². The van der Waals surface area contributed by atoms with Gasteiger partial charge in [-0.2, -0.15) is 0 Å². The van der Waals surface area contributed by atoms with Crippen LogP contribution in [0, 0.1) is 0 Å². The standard InChI is InChI=1S/C19H22N6/c1-20-19(21-13-18-24-23-17-8-4-5-11-25(17)18)22-16-10-9-14-6-2-3-7-15(14)12-16/h2-8,11,16H,9-10,12-13H2,1H3,(H2,20,21,22). The van der Waals surface area contributed by atoms with Crippen LogP contribution in [0.1, 0.15) is 23.4 Å². The number of aromatic nitrogens is 3. The number of nitrogens with one attached hydrogen (secondary N) is 2. The lowest BCUT2D eigenvalue weighted by molar-refractivity contribution is 0.520. The topological polar surface area (TPSA) is 66.6 Å². The van der Waals surface area contributed by atoms with Gasteiger partial charge in [-0.1, -0.05) is 30.3 Å². The number of pyridine rings is 1. The van der Waals surface area contributed by atoms with Crippen LogP contribution in [0.5, 0.6) is 0 Å². The Morgan fingerprint density at radius 2 is 2.00 bits per heavy atom. The van der Waals surface area contributed by atoms with E-state index in [0.717, 1.165) is 36.7 Å². The third-order valence-electron chi connectivity index (χ3n) is 4.71. The molecule has 4 rings (SSSR count). The smallest absolute Gasteiger partial charge is 0.191 e. The second kappa shape index (κ2) is 6.93. The third kappa shape index (κ3) is 3.33. The van der Waals surface area contributed by atoms with Crippen molar-refractivity contribution in [2.75, 3.05) is 7.05 Å². The molecule has 1 aliphatic carbocycles. The first-order valence-electron chi connectivity index (χ1n) is 8.66. The van der Waals surface area contributed by atoms with E-state index in [4.69, 9.17) is 0 Å². The largest absolute Gasteiger partial charge is 0.353 e. The highest BCUT2D eigenvalue weighted by Gasteiger charge is 2.19. The van der Waals surface area contributed by atoms with Gasteiger partial charge in [-0.05, 0) is 42.5 Å². The van der Waals surface area contributed by atoms with Gasteiger partial charge in [-0.25, -0.2) is 0 Å². The Bertz CT molecular complexity index is 898. The summed E-state index contributed by atoms with van der Waals surface area (Å²) in [6.07, 6.45) is 5.23. The number of nitrogens with zero attached hydrogens (tertiary/aromatic N) is 4. The van der Waals surface area contributed by atoms with Gasteiger partial charge in [0.25, 0.3) is 0 Å². The van der Waals surface area contributed by atoms with Crippen molar-refractivity contribution < 1.29 is 0 Å². The molecule has 6 heteroatoms. The average molecular weight is 334 g/mol. The maximum atomic E-state index is 4.35. The van der Waals surface area contributed by atoms with E-state index in [9.17, 15) is 0 Å². The number of hydrogen-bond donors (Lipinski definition) is 2. The number of guanidine groups is 1. The summed E-state index contributed by atoms with van der Waals surface area (Å²) >= 11 is 0. The van der Waals surface area contributed by atoms with E-state index in [1.54, 1.807) is 7.05 Å². The van der Waals surface area contributed by atoms with Crippen LogP contribution in [0.2, 0.25) is 0 Å². The van der Waals surface area contributed by atoms with Gasteiger partial charge in [-0.3, -0.25) is 9.39 Å². The quantitative estimate of drug-likeness (QED) is 0.567. The zero-order chi connectivity index (χ0) is 17.1. The fourth-order valence-electron chi connectivity index (χ4n) is 3.38. The molecule has 0 aliphatic heterocycles. The molecule has 2 heterocycles. The van der Waals surface area contributed by atoms with E-state index in [2.05, 4.69) is 50.1 Å². The van der Waals surface area contributed by atoms with Gasteiger partial charge in [0.15, 0.2) is 17.4 Å². The number of fused-ring (bicyclic) bond motifs is 2. The first-order valence-corrected chi connectivity index (χ1v) is 8.66. The Kier molecular flexibility index (Phi) is 4.33. The number of hydrogen-bond acceptors (Lipinski definition) is 3. The first-order chi connectivity index (χ1) is 12.3. The summed E-state index contributed by atoms with van der Waals surface area (Å²) in [6, 6.07) is 15.0. The molecule has 2 N–H and O–H groups in total. The minimum atomic E-state index is 0.399. The molecule has 6 nitrogen and oxygen atoms in total. The summed E-state index contributed by atoms with van der Waals surface area (Å²) in [5, 5.41) is 15.3. The van der Waals surface area contributed by atoms with Crippen LogP contribution in [0.3, 0.4) is 0 Å². The molecule has 25 heavy (non-hydrogen) atoms. The fraction of sp³-hybridized carbons (Fsp3) is 0.316. The van der Waals surface area contributed by atoms with Gasteiger partial charge in [0.05, 0.1) is 6.54 Å². The monoisotopic (exact) mass is 334 g/mol. The van der Waals surface area contributed by atoms with E-state index in [-0.39, 0.29) is 0 Å². The zero-order valence-corrected chi connectivity index (χ0v) is 14.3. The second-order valence-corrected chi connectivity index (χ2v) is 6.32. The maximum Gasteiger partial charge on any atom is 0.191 e. The second-order valence-electron chi connectivity index (χ2n) is 6.32. The van der Waals surface area contributed by atoms with Gasteiger partial charge in [-0.15, -0.1) is 10.2 Å². The van der Waals surface area contributed by atoms with Crippen molar-refractivity contribution in [3.63, 3.8) is 0 Å². The summed E-state index contributed by atoms with van der Waals surface area (Å²) in [6.45, 7) is 0.578. The molecule has 0 bridgehead atoms. The molecule has 2 aromatic heterocycles. The van der Waals surface area contributed by atoms with Crippen molar-refractivity contribution in [2.45, 2.75) is 31.8 Å². The number of aliphatic imine (C=N–C) groups is 1. The lowest BCUT2D eigenvalue weighted by atomic mass is 9.88. The molecule has 0 radical (unpaired) electrons. The summed E-state index contributed by atoms with van der Waals surface area (Å²) < 4.78 is 1.98. The number of benzene rings is 1. The van der Waals surface area contributed by atoms with Gasteiger partial charge in [0, 0.05) is 19.3 Å². The van der Waals surface area contributed by atoms with E-state index < -0.39 is 0 Å². The lowest BCUT2D eigenvalue weighted by Gasteiger charge is -2.27. The van der Waals surface area contributed by atoms with Crippen molar-refractivity contribution in [3.8, 4) is 0 Å². The van der Waals surface area contributed by atoms with Crippen molar-refractivity contribution in [2.24, 2.45) is 4.99 Å². The minimum Gasteiger partial charge on any atom is -0.353 e. The lowest BCUT2D eigenvalue weighted by Crippen LogP contribution is -2.45. The Morgan fingerprint density at radius 3 is 2.88 bits per heavy atom. The summed E-state index contributed by atoms with van der Waals surface area (Å²) in [4.78, 5) is 4.35. The zero-order valence-electron chi connectivity index (χ0n) is 14.3. The fourth-order valence-corrected chi connectivity index (χ4v) is 3.38. The van der Waals surface area contributed by atoms with Crippen LogP contribution in [0.15, 0.2) is 53.7 Å². The summed E-state index contributed by atoms with van der Waals surface area (Å²) in [5.74, 6) is 1.67. The SMILES string of the molecule is CN=C(NCc1nnc2ccccn12)NC1CCc2ccccc2C1. The van der Waals surface area contributed by atoms with Crippen molar-refractivity contribution in [1.29, 1.82) is 0 Å². The molecule has 128 valence electrons. The van der Waals surface area contributed by atoms with Gasteiger partial charge < -0.3 is 10.6 Å².